The molecule has 2 aromatic rings. The van der Waals surface area contributed by atoms with Crippen molar-refractivity contribution in [2.24, 2.45) is 5.92 Å². The van der Waals surface area contributed by atoms with Crippen LogP contribution in [0.25, 0.3) is 0 Å². The Hall–Kier alpha value is -1.84. The minimum absolute atomic E-state index is 0.197. The molecule has 2 unspecified atom stereocenters. The molecule has 1 heterocycles. The van der Waals surface area contributed by atoms with Gasteiger partial charge in [0.05, 0.1) is 12.2 Å². The van der Waals surface area contributed by atoms with Crippen LogP contribution in [0.4, 0.5) is 0 Å². The second kappa shape index (κ2) is 10.5. The van der Waals surface area contributed by atoms with Gasteiger partial charge in [-0.1, -0.05) is 55.8 Å². The maximum atomic E-state index is 6.12. The zero-order chi connectivity index (χ0) is 21.6. The highest BCUT2D eigenvalue weighted by Crippen LogP contribution is 2.41. The van der Waals surface area contributed by atoms with Crippen LogP contribution in [0.2, 0.25) is 0 Å². The molecule has 1 fully saturated rings. The van der Waals surface area contributed by atoms with Gasteiger partial charge in [-0.3, -0.25) is 0 Å². The zero-order valence-electron chi connectivity index (χ0n) is 19.4. The second-order valence-electron chi connectivity index (χ2n) is 9.49. The van der Waals surface area contributed by atoms with Gasteiger partial charge < -0.3 is 14.8 Å². The van der Waals surface area contributed by atoms with Crippen LogP contribution in [-0.2, 0) is 16.7 Å². The van der Waals surface area contributed by atoms with Gasteiger partial charge in [-0.05, 0) is 75.8 Å². The molecule has 2 atom stereocenters. The summed E-state index contributed by atoms with van der Waals surface area (Å²) in [4.78, 5) is 0. The summed E-state index contributed by atoms with van der Waals surface area (Å²) in [5.41, 5.74) is 4.29. The van der Waals surface area contributed by atoms with Crippen LogP contribution in [0.1, 0.15) is 63.6 Å². The molecule has 0 radical (unpaired) electrons. The van der Waals surface area contributed by atoms with E-state index in [2.05, 4.69) is 88.5 Å². The van der Waals surface area contributed by atoms with Crippen molar-refractivity contribution in [3.63, 3.8) is 0 Å². The summed E-state index contributed by atoms with van der Waals surface area (Å²) in [6.07, 6.45) is 3.89. The van der Waals surface area contributed by atoms with Gasteiger partial charge in [0, 0.05) is 18.6 Å². The molecule has 0 bridgehead atoms. The summed E-state index contributed by atoms with van der Waals surface area (Å²) in [5.74, 6) is 1.49. The lowest BCUT2D eigenvalue weighted by Crippen LogP contribution is -2.42. The summed E-state index contributed by atoms with van der Waals surface area (Å²) >= 11 is 0. The SMILES string of the molecule is Cc1ccc(C2(CCNCc3ccc(OC(C)C)cc3)CCOC(C(C)C)C2)cc1. The number of ether oxygens (including phenoxy) is 2. The van der Waals surface area contributed by atoms with Crippen molar-refractivity contribution in [1.29, 1.82) is 0 Å². The number of hydrogen-bond acceptors (Lipinski definition) is 3. The Balaban J connectivity index is 1.62. The first-order chi connectivity index (χ1) is 14.4. The number of rotatable bonds is 9. The Morgan fingerprint density at radius 2 is 1.73 bits per heavy atom. The minimum atomic E-state index is 0.197. The van der Waals surface area contributed by atoms with E-state index in [4.69, 9.17) is 9.47 Å². The molecule has 1 aliphatic rings. The molecule has 30 heavy (non-hydrogen) atoms. The summed E-state index contributed by atoms with van der Waals surface area (Å²) in [6.45, 7) is 13.6. The van der Waals surface area contributed by atoms with Gasteiger partial charge in [0.15, 0.2) is 0 Å². The average Bonchev–Trinajstić information content (AvgIpc) is 2.72. The van der Waals surface area contributed by atoms with Crippen molar-refractivity contribution in [3.05, 3.63) is 65.2 Å². The molecule has 1 aliphatic heterocycles. The molecule has 3 heteroatoms. The van der Waals surface area contributed by atoms with Crippen LogP contribution >= 0.6 is 0 Å². The third-order valence-electron chi connectivity index (χ3n) is 6.32. The first kappa shape index (κ1) is 22.8. The van der Waals surface area contributed by atoms with E-state index in [1.165, 1.54) is 16.7 Å². The second-order valence-corrected chi connectivity index (χ2v) is 9.49. The van der Waals surface area contributed by atoms with Crippen LogP contribution in [-0.4, -0.2) is 25.4 Å². The van der Waals surface area contributed by atoms with Crippen molar-refractivity contribution in [3.8, 4) is 5.75 Å². The smallest absolute Gasteiger partial charge is 0.119 e. The Morgan fingerprint density at radius 3 is 2.37 bits per heavy atom. The number of nitrogens with one attached hydrogen (secondary N) is 1. The summed E-state index contributed by atoms with van der Waals surface area (Å²) < 4.78 is 11.9. The van der Waals surface area contributed by atoms with Crippen molar-refractivity contribution in [2.45, 2.75) is 78.0 Å². The molecular formula is C27H39NO2. The maximum absolute atomic E-state index is 6.12. The quantitative estimate of drug-likeness (QED) is 0.513. The number of aryl methyl sites for hydroxylation is 1. The third-order valence-corrected chi connectivity index (χ3v) is 6.32. The first-order valence-corrected chi connectivity index (χ1v) is 11.5. The topological polar surface area (TPSA) is 30.5 Å². The van der Waals surface area contributed by atoms with E-state index in [0.717, 1.165) is 44.7 Å². The molecule has 3 nitrogen and oxygen atoms in total. The van der Waals surface area contributed by atoms with E-state index in [9.17, 15) is 0 Å². The predicted molar refractivity (Wildman–Crippen MR) is 125 cm³/mol. The molecule has 0 amide bonds. The molecule has 164 valence electrons. The van der Waals surface area contributed by atoms with Gasteiger partial charge in [-0.2, -0.15) is 0 Å². The van der Waals surface area contributed by atoms with Crippen molar-refractivity contribution in [2.75, 3.05) is 13.2 Å². The Labute approximate surface area is 183 Å². The van der Waals surface area contributed by atoms with Crippen molar-refractivity contribution in [1.82, 2.24) is 5.32 Å². The standard InChI is InChI=1S/C27H39NO2/c1-20(2)26-18-27(15-17-29-26,24-10-6-22(5)7-11-24)14-16-28-19-23-8-12-25(13-9-23)30-21(3)4/h6-13,20-21,26,28H,14-19H2,1-5H3. The molecule has 0 aliphatic carbocycles. The van der Waals surface area contributed by atoms with Crippen LogP contribution in [0.15, 0.2) is 48.5 Å². The molecule has 0 aromatic heterocycles. The fourth-order valence-electron chi connectivity index (χ4n) is 4.44. The van der Waals surface area contributed by atoms with Crippen molar-refractivity contribution < 1.29 is 9.47 Å². The highest BCUT2D eigenvalue weighted by molar-refractivity contribution is 5.30. The average molecular weight is 410 g/mol. The van der Waals surface area contributed by atoms with Gasteiger partial charge in [0.2, 0.25) is 0 Å². The third kappa shape index (κ3) is 6.09. The predicted octanol–water partition coefficient (Wildman–Crippen LogP) is 6.03. The zero-order valence-corrected chi connectivity index (χ0v) is 19.4. The fraction of sp³-hybridized carbons (Fsp3) is 0.556. The fourth-order valence-corrected chi connectivity index (χ4v) is 4.44. The van der Waals surface area contributed by atoms with E-state index in [1.807, 2.05) is 0 Å². The van der Waals surface area contributed by atoms with Crippen LogP contribution in [0.3, 0.4) is 0 Å². The lowest BCUT2D eigenvalue weighted by atomic mass is 9.68. The largest absolute Gasteiger partial charge is 0.491 e. The van der Waals surface area contributed by atoms with E-state index in [0.29, 0.717) is 12.0 Å². The number of benzene rings is 2. The van der Waals surface area contributed by atoms with Gasteiger partial charge >= 0.3 is 0 Å². The Kier molecular flexibility index (Phi) is 7.96. The first-order valence-electron chi connectivity index (χ1n) is 11.5. The highest BCUT2D eigenvalue weighted by Gasteiger charge is 2.39. The van der Waals surface area contributed by atoms with Crippen LogP contribution in [0, 0.1) is 12.8 Å². The molecule has 3 rings (SSSR count). The summed E-state index contributed by atoms with van der Waals surface area (Å²) in [6, 6.07) is 17.6. The molecule has 0 spiro atoms. The van der Waals surface area contributed by atoms with Crippen LogP contribution < -0.4 is 10.1 Å². The van der Waals surface area contributed by atoms with E-state index >= 15 is 0 Å². The molecule has 1 N–H and O–H groups in total. The Bertz CT molecular complexity index is 766. The minimum Gasteiger partial charge on any atom is -0.491 e. The van der Waals surface area contributed by atoms with E-state index in [1.54, 1.807) is 0 Å². The monoisotopic (exact) mass is 409 g/mol. The van der Waals surface area contributed by atoms with Crippen LogP contribution in [0.5, 0.6) is 5.75 Å². The van der Waals surface area contributed by atoms with E-state index in [-0.39, 0.29) is 11.5 Å². The van der Waals surface area contributed by atoms with Gasteiger partial charge in [-0.25, -0.2) is 0 Å². The number of hydrogen-bond donors (Lipinski definition) is 1. The van der Waals surface area contributed by atoms with Crippen molar-refractivity contribution >= 4 is 0 Å². The molecule has 2 aromatic carbocycles. The summed E-state index contributed by atoms with van der Waals surface area (Å²) in [7, 11) is 0. The molecular weight excluding hydrogens is 370 g/mol. The van der Waals surface area contributed by atoms with Gasteiger partial charge in [-0.15, -0.1) is 0 Å². The lowest BCUT2D eigenvalue weighted by molar-refractivity contribution is -0.0469. The highest BCUT2D eigenvalue weighted by atomic mass is 16.5. The lowest BCUT2D eigenvalue weighted by Gasteiger charge is -2.43. The van der Waals surface area contributed by atoms with Gasteiger partial charge in [0.1, 0.15) is 5.75 Å². The molecule has 0 saturated carbocycles. The Morgan fingerprint density at radius 1 is 1.03 bits per heavy atom. The molecule has 1 saturated heterocycles. The summed E-state index contributed by atoms with van der Waals surface area (Å²) in [5, 5.41) is 3.68. The normalized spacial score (nSPS) is 21.9. The van der Waals surface area contributed by atoms with E-state index < -0.39 is 0 Å². The maximum Gasteiger partial charge on any atom is 0.119 e. The van der Waals surface area contributed by atoms with Gasteiger partial charge in [0.25, 0.3) is 0 Å².